The number of aliphatic carboxylic acids is 2. The maximum Gasteiger partial charge on any atom is 0.311 e. The summed E-state index contributed by atoms with van der Waals surface area (Å²) in [5.74, 6) is -2.12. The van der Waals surface area contributed by atoms with Gasteiger partial charge in [0, 0.05) is 0 Å². The number of carboxylic acid groups (broad SMARTS) is 2. The Morgan fingerprint density at radius 2 is 1.56 bits per heavy atom. The fourth-order valence-electron chi connectivity index (χ4n) is 3.19. The number of hydrogen-bond donors (Lipinski definition) is 2. The largest absolute Gasteiger partial charge is 0.481 e. The van der Waals surface area contributed by atoms with E-state index < -0.39 is 22.8 Å². The summed E-state index contributed by atoms with van der Waals surface area (Å²) in [6, 6.07) is 0. The molecule has 0 aliphatic heterocycles. The summed E-state index contributed by atoms with van der Waals surface area (Å²) in [6.45, 7) is 5.20. The zero-order valence-electron chi connectivity index (χ0n) is 10.1. The van der Waals surface area contributed by atoms with Gasteiger partial charge in [-0.3, -0.25) is 9.59 Å². The van der Waals surface area contributed by atoms with E-state index in [0.29, 0.717) is 12.8 Å². The molecule has 2 atom stereocenters. The van der Waals surface area contributed by atoms with Gasteiger partial charge in [0.1, 0.15) is 0 Å². The third-order valence-corrected chi connectivity index (χ3v) is 4.32. The van der Waals surface area contributed by atoms with Crippen molar-refractivity contribution in [1.29, 1.82) is 0 Å². The van der Waals surface area contributed by atoms with E-state index in [9.17, 15) is 19.8 Å². The van der Waals surface area contributed by atoms with E-state index in [1.165, 1.54) is 0 Å². The van der Waals surface area contributed by atoms with Crippen LogP contribution in [0.25, 0.3) is 0 Å². The molecule has 0 bridgehead atoms. The molecular weight excluding hydrogens is 208 g/mol. The molecule has 2 N–H and O–H groups in total. The molecule has 4 nitrogen and oxygen atoms in total. The van der Waals surface area contributed by atoms with Gasteiger partial charge in [-0.2, -0.15) is 0 Å². The molecule has 0 aromatic rings. The first-order valence-corrected chi connectivity index (χ1v) is 5.76. The summed E-state index contributed by atoms with van der Waals surface area (Å²) in [4.78, 5) is 23.0. The first-order valence-electron chi connectivity index (χ1n) is 5.76. The fourth-order valence-corrected chi connectivity index (χ4v) is 3.19. The lowest BCUT2D eigenvalue weighted by Crippen LogP contribution is -2.55. The lowest BCUT2D eigenvalue weighted by atomic mass is 9.52. The molecule has 16 heavy (non-hydrogen) atoms. The van der Waals surface area contributed by atoms with Gasteiger partial charge in [0.15, 0.2) is 0 Å². The molecule has 1 rings (SSSR count). The van der Waals surface area contributed by atoms with Gasteiger partial charge in [0.05, 0.1) is 10.8 Å². The number of rotatable bonds is 3. The van der Waals surface area contributed by atoms with Gasteiger partial charge >= 0.3 is 11.9 Å². The molecule has 1 saturated carbocycles. The molecule has 0 amide bonds. The molecule has 2 unspecified atom stereocenters. The van der Waals surface area contributed by atoms with Crippen LogP contribution in [0.3, 0.4) is 0 Å². The highest BCUT2D eigenvalue weighted by molar-refractivity contribution is 5.86. The van der Waals surface area contributed by atoms with Crippen molar-refractivity contribution in [3.8, 4) is 0 Å². The molecule has 1 aliphatic carbocycles. The minimum atomic E-state index is -1.15. The van der Waals surface area contributed by atoms with Crippen molar-refractivity contribution >= 4 is 11.9 Å². The average Bonchev–Trinajstić information content (AvgIpc) is 2.17. The molecule has 0 radical (unpaired) electrons. The van der Waals surface area contributed by atoms with Crippen LogP contribution in [0.1, 0.15) is 46.5 Å². The van der Waals surface area contributed by atoms with Crippen molar-refractivity contribution in [1.82, 2.24) is 0 Å². The Morgan fingerprint density at radius 3 is 1.88 bits per heavy atom. The second kappa shape index (κ2) is 4.07. The van der Waals surface area contributed by atoms with Crippen LogP contribution < -0.4 is 0 Å². The van der Waals surface area contributed by atoms with Crippen molar-refractivity contribution in [3.63, 3.8) is 0 Å². The van der Waals surface area contributed by atoms with Crippen molar-refractivity contribution < 1.29 is 19.8 Å². The molecule has 0 spiro atoms. The molecule has 1 fully saturated rings. The van der Waals surface area contributed by atoms with Gasteiger partial charge in [0.2, 0.25) is 0 Å². The number of carbonyl (C=O) groups is 2. The van der Waals surface area contributed by atoms with Crippen LogP contribution in [0, 0.1) is 16.7 Å². The smallest absolute Gasteiger partial charge is 0.311 e. The van der Waals surface area contributed by atoms with Crippen LogP contribution in [0.5, 0.6) is 0 Å². The Balaban J connectivity index is 3.31. The number of hydrogen-bond acceptors (Lipinski definition) is 2. The predicted molar refractivity (Wildman–Crippen MR) is 59.1 cm³/mol. The summed E-state index contributed by atoms with van der Waals surface area (Å²) in [7, 11) is 0. The maximum absolute atomic E-state index is 11.6. The Morgan fingerprint density at radius 1 is 1.06 bits per heavy atom. The van der Waals surface area contributed by atoms with Gasteiger partial charge in [0.25, 0.3) is 0 Å². The highest BCUT2D eigenvalue weighted by atomic mass is 16.4. The third kappa shape index (κ3) is 1.51. The highest BCUT2D eigenvalue weighted by Crippen LogP contribution is 2.55. The monoisotopic (exact) mass is 228 g/mol. The lowest BCUT2D eigenvalue weighted by molar-refractivity contribution is -0.183. The van der Waals surface area contributed by atoms with Crippen molar-refractivity contribution in [2.24, 2.45) is 16.7 Å². The summed E-state index contributed by atoms with van der Waals surface area (Å²) in [5, 5.41) is 18.8. The summed E-state index contributed by atoms with van der Waals surface area (Å²) in [5.41, 5.74) is -2.28. The van der Waals surface area contributed by atoms with E-state index in [0.717, 1.165) is 12.8 Å². The summed E-state index contributed by atoms with van der Waals surface area (Å²) < 4.78 is 0. The first kappa shape index (κ1) is 13.0. The fraction of sp³-hybridized carbons (Fsp3) is 0.833. The van der Waals surface area contributed by atoms with E-state index in [1.807, 2.05) is 0 Å². The standard InChI is InChI=1S/C12H20O4/c1-8(2)12(10(15)16)7-5-4-6-11(12,3)9(13)14/h8H,4-7H2,1-3H3,(H,13,14)(H,15,16). The van der Waals surface area contributed by atoms with Crippen LogP contribution in [0.2, 0.25) is 0 Å². The Kier molecular flexibility index (Phi) is 3.31. The van der Waals surface area contributed by atoms with Gasteiger partial charge in [-0.1, -0.05) is 26.7 Å². The second-order valence-corrected chi connectivity index (χ2v) is 5.28. The molecule has 4 heteroatoms. The zero-order valence-corrected chi connectivity index (χ0v) is 10.1. The first-order chi connectivity index (χ1) is 7.29. The van der Waals surface area contributed by atoms with E-state index in [-0.39, 0.29) is 5.92 Å². The van der Waals surface area contributed by atoms with Crippen molar-refractivity contribution in [2.75, 3.05) is 0 Å². The second-order valence-electron chi connectivity index (χ2n) is 5.28. The van der Waals surface area contributed by atoms with E-state index in [4.69, 9.17) is 0 Å². The highest BCUT2D eigenvalue weighted by Gasteiger charge is 2.60. The van der Waals surface area contributed by atoms with Crippen LogP contribution in [0.4, 0.5) is 0 Å². The zero-order chi connectivity index (χ0) is 12.6. The van der Waals surface area contributed by atoms with E-state index in [2.05, 4.69) is 0 Å². The summed E-state index contributed by atoms with van der Waals surface area (Å²) >= 11 is 0. The van der Waals surface area contributed by atoms with Crippen LogP contribution in [-0.2, 0) is 9.59 Å². The van der Waals surface area contributed by atoms with E-state index in [1.54, 1.807) is 20.8 Å². The molecule has 0 saturated heterocycles. The normalized spacial score (nSPS) is 35.0. The quantitative estimate of drug-likeness (QED) is 0.777. The predicted octanol–water partition coefficient (Wildman–Crippen LogP) is 2.38. The SMILES string of the molecule is CC(C)C1(C(=O)O)CCCCC1(C)C(=O)O. The van der Waals surface area contributed by atoms with Crippen LogP contribution >= 0.6 is 0 Å². The minimum absolute atomic E-state index is 0.175. The molecule has 92 valence electrons. The third-order valence-electron chi connectivity index (χ3n) is 4.32. The lowest BCUT2D eigenvalue weighted by Gasteiger charge is -2.48. The Bertz CT molecular complexity index is 310. The Labute approximate surface area is 95.7 Å². The molecule has 0 heterocycles. The summed E-state index contributed by atoms with van der Waals surface area (Å²) in [6.07, 6.45) is 2.51. The number of carboxylic acids is 2. The molecule has 0 aromatic carbocycles. The molecule has 0 aromatic heterocycles. The molecular formula is C12H20O4. The van der Waals surface area contributed by atoms with Gasteiger partial charge in [-0.25, -0.2) is 0 Å². The maximum atomic E-state index is 11.6. The van der Waals surface area contributed by atoms with Crippen molar-refractivity contribution in [2.45, 2.75) is 46.5 Å². The van der Waals surface area contributed by atoms with Gasteiger partial charge < -0.3 is 10.2 Å². The minimum Gasteiger partial charge on any atom is -0.481 e. The van der Waals surface area contributed by atoms with E-state index >= 15 is 0 Å². The van der Waals surface area contributed by atoms with Gasteiger partial charge in [-0.15, -0.1) is 0 Å². The Hall–Kier alpha value is -1.06. The van der Waals surface area contributed by atoms with Crippen LogP contribution in [-0.4, -0.2) is 22.2 Å². The van der Waals surface area contributed by atoms with Crippen LogP contribution in [0.15, 0.2) is 0 Å². The molecule has 1 aliphatic rings. The van der Waals surface area contributed by atoms with Gasteiger partial charge in [-0.05, 0) is 25.7 Å². The average molecular weight is 228 g/mol. The topological polar surface area (TPSA) is 74.6 Å². The van der Waals surface area contributed by atoms with Crippen molar-refractivity contribution in [3.05, 3.63) is 0 Å².